The van der Waals surface area contributed by atoms with Gasteiger partial charge in [-0.25, -0.2) is 0 Å². The summed E-state index contributed by atoms with van der Waals surface area (Å²) < 4.78 is 10.3. The van der Waals surface area contributed by atoms with Gasteiger partial charge in [-0.3, -0.25) is 0 Å². The summed E-state index contributed by atoms with van der Waals surface area (Å²) in [5, 5.41) is 0. The van der Waals surface area contributed by atoms with Gasteiger partial charge in [-0.15, -0.1) is 11.8 Å². The maximum atomic E-state index is 5.43. The third-order valence-corrected chi connectivity index (χ3v) is 2.42. The standard InChI is InChI=1S/C9H13NO2S/c1-11-7-3-4-9(13-6-10)8(5-7)12-2/h3-5H,6,10H2,1-2H3. The summed E-state index contributed by atoms with van der Waals surface area (Å²) in [5.41, 5.74) is 5.43. The van der Waals surface area contributed by atoms with Gasteiger partial charge in [0.2, 0.25) is 0 Å². The van der Waals surface area contributed by atoms with Crippen LogP contribution in [0, 0.1) is 0 Å². The van der Waals surface area contributed by atoms with Gasteiger partial charge in [0.1, 0.15) is 11.5 Å². The fourth-order valence-electron chi connectivity index (χ4n) is 0.984. The molecule has 72 valence electrons. The van der Waals surface area contributed by atoms with Gasteiger partial charge in [-0.2, -0.15) is 0 Å². The second kappa shape index (κ2) is 4.99. The Morgan fingerprint density at radius 2 is 2.08 bits per heavy atom. The highest BCUT2D eigenvalue weighted by Crippen LogP contribution is 2.31. The molecule has 1 aromatic rings. The second-order valence-electron chi connectivity index (χ2n) is 2.33. The first-order chi connectivity index (χ1) is 6.31. The third kappa shape index (κ3) is 2.54. The summed E-state index contributed by atoms with van der Waals surface area (Å²) in [7, 11) is 3.26. The largest absolute Gasteiger partial charge is 0.497 e. The van der Waals surface area contributed by atoms with Crippen molar-refractivity contribution < 1.29 is 9.47 Å². The molecule has 0 aliphatic carbocycles. The van der Waals surface area contributed by atoms with Gasteiger partial charge < -0.3 is 15.2 Å². The number of methoxy groups -OCH3 is 2. The van der Waals surface area contributed by atoms with Crippen LogP contribution in [-0.2, 0) is 0 Å². The Morgan fingerprint density at radius 1 is 1.31 bits per heavy atom. The maximum absolute atomic E-state index is 5.43. The zero-order chi connectivity index (χ0) is 9.68. The SMILES string of the molecule is COc1ccc(SCN)c(OC)c1. The molecule has 0 atom stereocenters. The molecule has 0 saturated carbocycles. The summed E-state index contributed by atoms with van der Waals surface area (Å²) in [6, 6.07) is 5.67. The summed E-state index contributed by atoms with van der Waals surface area (Å²) in [4.78, 5) is 1.03. The lowest BCUT2D eigenvalue weighted by Crippen LogP contribution is -1.94. The molecule has 1 aromatic carbocycles. The van der Waals surface area contributed by atoms with Crippen LogP contribution in [0.2, 0.25) is 0 Å². The number of benzene rings is 1. The minimum Gasteiger partial charge on any atom is -0.497 e. The highest BCUT2D eigenvalue weighted by Gasteiger charge is 2.03. The molecular weight excluding hydrogens is 186 g/mol. The fourth-order valence-corrected chi connectivity index (χ4v) is 1.61. The van der Waals surface area contributed by atoms with Crippen molar-refractivity contribution in [2.45, 2.75) is 4.90 Å². The van der Waals surface area contributed by atoms with Gasteiger partial charge >= 0.3 is 0 Å². The number of ether oxygens (including phenoxy) is 2. The van der Waals surface area contributed by atoms with E-state index in [1.807, 2.05) is 18.2 Å². The molecule has 3 nitrogen and oxygen atoms in total. The second-order valence-corrected chi connectivity index (χ2v) is 3.39. The van der Waals surface area contributed by atoms with E-state index in [-0.39, 0.29) is 0 Å². The van der Waals surface area contributed by atoms with E-state index in [4.69, 9.17) is 15.2 Å². The Morgan fingerprint density at radius 3 is 2.62 bits per heavy atom. The van der Waals surface area contributed by atoms with Gasteiger partial charge in [-0.05, 0) is 12.1 Å². The molecule has 1 rings (SSSR count). The lowest BCUT2D eigenvalue weighted by Gasteiger charge is -2.08. The van der Waals surface area contributed by atoms with Crippen LogP contribution in [0.3, 0.4) is 0 Å². The van der Waals surface area contributed by atoms with Crippen molar-refractivity contribution in [1.29, 1.82) is 0 Å². The Hall–Kier alpha value is -0.870. The van der Waals surface area contributed by atoms with Crippen LogP contribution in [0.4, 0.5) is 0 Å². The van der Waals surface area contributed by atoms with E-state index in [0.717, 1.165) is 16.4 Å². The molecule has 0 spiro atoms. The minimum atomic E-state index is 0.544. The van der Waals surface area contributed by atoms with E-state index in [1.54, 1.807) is 26.0 Å². The van der Waals surface area contributed by atoms with Gasteiger partial charge in [0.05, 0.1) is 19.1 Å². The van der Waals surface area contributed by atoms with Crippen LogP contribution in [0.1, 0.15) is 0 Å². The quantitative estimate of drug-likeness (QED) is 0.592. The number of rotatable bonds is 4. The Balaban J connectivity index is 2.93. The van der Waals surface area contributed by atoms with Crippen molar-refractivity contribution >= 4 is 11.8 Å². The van der Waals surface area contributed by atoms with Crippen LogP contribution in [-0.4, -0.2) is 20.1 Å². The molecule has 0 radical (unpaired) electrons. The predicted octanol–water partition coefficient (Wildman–Crippen LogP) is 1.71. The Bertz CT molecular complexity index is 278. The summed E-state index contributed by atoms with van der Waals surface area (Å²) in [5.74, 6) is 2.14. The van der Waals surface area contributed by atoms with Gasteiger partial charge in [-0.1, -0.05) is 0 Å². The van der Waals surface area contributed by atoms with Crippen molar-refractivity contribution in [1.82, 2.24) is 0 Å². The first-order valence-electron chi connectivity index (χ1n) is 3.86. The van der Waals surface area contributed by atoms with Gasteiger partial charge in [0, 0.05) is 11.9 Å². The first-order valence-corrected chi connectivity index (χ1v) is 4.85. The Labute approximate surface area is 82.2 Å². The van der Waals surface area contributed by atoms with Crippen LogP contribution in [0.25, 0.3) is 0 Å². The smallest absolute Gasteiger partial charge is 0.136 e. The molecule has 0 heterocycles. The van der Waals surface area contributed by atoms with Crippen LogP contribution in [0.15, 0.2) is 23.1 Å². The first kappa shape index (κ1) is 10.2. The molecule has 2 N–H and O–H groups in total. The van der Waals surface area contributed by atoms with Crippen molar-refractivity contribution in [3.05, 3.63) is 18.2 Å². The van der Waals surface area contributed by atoms with Crippen molar-refractivity contribution in [3.8, 4) is 11.5 Å². The van der Waals surface area contributed by atoms with E-state index < -0.39 is 0 Å². The molecule has 0 bridgehead atoms. The van der Waals surface area contributed by atoms with E-state index in [0.29, 0.717) is 5.88 Å². The van der Waals surface area contributed by atoms with Gasteiger partial charge in [0.25, 0.3) is 0 Å². The fraction of sp³-hybridized carbons (Fsp3) is 0.333. The number of nitrogens with two attached hydrogens (primary N) is 1. The lowest BCUT2D eigenvalue weighted by atomic mass is 10.3. The van der Waals surface area contributed by atoms with Crippen LogP contribution < -0.4 is 15.2 Å². The molecular formula is C9H13NO2S. The molecule has 0 fully saturated rings. The summed E-state index contributed by atoms with van der Waals surface area (Å²) in [6.45, 7) is 0. The minimum absolute atomic E-state index is 0.544. The van der Waals surface area contributed by atoms with E-state index in [1.165, 1.54) is 0 Å². The van der Waals surface area contributed by atoms with E-state index >= 15 is 0 Å². The average Bonchev–Trinajstić information content (AvgIpc) is 2.19. The highest BCUT2D eigenvalue weighted by atomic mass is 32.2. The van der Waals surface area contributed by atoms with E-state index in [9.17, 15) is 0 Å². The highest BCUT2D eigenvalue weighted by molar-refractivity contribution is 7.99. The molecule has 4 heteroatoms. The molecule has 13 heavy (non-hydrogen) atoms. The number of thioether (sulfide) groups is 1. The topological polar surface area (TPSA) is 44.5 Å². The van der Waals surface area contributed by atoms with Crippen molar-refractivity contribution in [2.24, 2.45) is 5.73 Å². The predicted molar refractivity (Wildman–Crippen MR) is 54.5 cm³/mol. The zero-order valence-electron chi connectivity index (χ0n) is 7.74. The number of hydrogen-bond donors (Lipinski definition) is 1. The monoisotopic (exact) mass is 199 g/mol. The molecule has 0 aliphatic rings. The van der Waals surface area contributed by atoms with Crippen LogP contribution >= 0.6 is 11.8 Å². The molecule has 0 aliphatic heterocycles. The molecule has 0 amide bonds. The van der Waals surface area contributed by atoms with E-state index in [2.05, 4.69) is 0 Å². The summed E-state index contributed by atoms with van der Waals surface area (Å²) in [6.07, 6.45) is 0. The van der Waals surface area contributed by atoms with Crippen molar-refractivity contribution in [2.75, 3.05) is 20.1 Å². The zero-order valence-corrected chi connectivity index (χ0v) is 8.56. The van der Waals surface area contributed by atoms with Crippen LogP contribution in [0.5, 0.6) is 11.5 Å². The van der Waals surface area contributed by atoms with Gasteiger partial charge in [0.15, 0.2) is 0 Å². The maximum Gasteiger partial charge on any atom is 0.136 e. The lowest BCUT2D eigenvalue weighted by molar-refractivity contribution is 0.387. The number of hydrogen-bond acceptors (Lipinski definition) is 4. The third-order valence-electron chi connectivity index (χ3n) is 1.61. The Kier molecular flexibility index (Phi) is 3.92. The summed E-state index contributed by atoms with van der Waals surface area (Å²) >= 11 is 1.54. The molecule has 0 aromatic heterocycles. The van der Waals surface area contributed by atoms with Crippen molar-refractivity contribution in [3.63, 3.8) is 0 Å². The molecule has 0 unspecified atom stereocenters. The molecule has 0 saturated heterocycles. The normalized spacial score (nSPS) is 9.77. The average molecular weight is 199 g/mol.